The maximum atomic E-state index is 11.2. The Morgan fingerprint density at radius 1 is 1.56 bits per heavy atom. The monoisotopic (exact) mass is 289 g/mol. The van der Waals surface area contributed by atoms with Gasteiger partial charge in [-0.2, -0.15) is 0 Å². The highest BCUT2D eigenvalue weighted by Gasteiger charge is 2.15. The standard InChI is InChI=1S/C10H16BrN3O2/c1-7-2-4-14(6-8(7)11)5-3-9(15)13-10(12)16/h2-6H2,1H3,(H3,12,13,15,16). The summed E-state index contributed by atoms with van der Waals surface area (Å²) in [5.74, 6) is -0.324. The van der Waals surface area contributed by atoms with Crippen molar-refractivity contribution in [1.82, 2.24) is 10.2 Å². The molecule has 0 aromatic carbocycles. The summed E-state index contributed by atoms with van der Waals surface area (Å²) in [4.78, 5) is 23.8. The van der Waals surface area contributed by atoms with Crippen LogP contribution in [0, 0.1) is 0 Å². The first-order chi connectivity index (χ1) is 7.49. The van der Waals surface area contributed by atoms with Gasteiger partial charge in [0.25, 0.3) is 0 Å². The van der Waals surface area contributed by atoms with Gasteiger partial charge in [0, 0.05) is 30.5 Å². The van der Waals surface area contributed by atoms with Crippen LogP contribution in [0.4, 0.5) is 4.79 Å². The molecular formula is C10H16BrN3O2. The predicted molar refractivity (Wildman–Crippen MR) is 65.0 cm³/mol. The lowest BCUT2D eigenvalue weighted by Gasteiger charge is -2.27. The second-order valence-electron chi connectivity index (χ2n) is 3.87. The molecule has 3 amide bonds. The molecule has 0 saturated heterocycles. The van der Waals surface area contributed by atoms with Gasteiger partial charge in [-0.25, -0.2) is 4.79 Å². The van der Waals surface area contributed by atoms with E-state index in [1.54, 1.807) is 0 Å². The van der Waals surface area contributed by atoms with E-state index in [1.807, 2.05) is 0 Å². The third-order valence-corrected chi connectivity index (χ3v) is 3.47. The summed E-state index contributed by atoms with van der Waals surface area (Å²) >= 11 is 3.50. The zero-order valence-electron chi connectivity index (χ0n) is 9.25. The normalized spacial score (nSPS) is 17.4. The first-order valence-electron chi connectivity index (χ1n) is 5.15. The Kier molecular flexibility index (Phi) is 4.95. The minimum absolute atomic E-state index is 0.294. The van der Waals surface area contributed by atoms with Crippen LogP contribution in [0.15, 0.2) is 10.1 Å². The molecule has 0 saturated carbocycles. The smallest absolute Gasteiger partial charge is 0.318 e. The van der Waals surface area contributed by atoms with Gasteiger partial charge in [0.15, 0.2) is 0 Å². The maximum absolute atomic E-state index is 11.2. The van der Waals surface area contributed by atoms with Crippen LogP contribution in [0.5, 0.6) is 0 Å². The van der Waals surface area contributed by atoms with E-state index in [0.717, 1.165) is 19.5 Å². The Balaban J connectivity index is 2.30. The van der Waals surface area contributed by atoms with E-state index in [0.29, 0.717) is 13.0 Å². The molecule has 0 aromatic heterocycles. The third-order valence-electron chi connectivity index (χ3n) is 2.55. The molecule has 1 aliphatic heterocycles. The van der Waals surface area contributed by atoms with Crippen LogP contribution in [0.1, 0.15) is 19.8 Å². The van der Waals surface area contributed by atoms with Crippen molar-refractivity contribution in [2.75, 3.05) is 19.6 Å². The molecule has 1 rings (SSSR count). The zero-order valence-corrected chi connectivity index (χ0v) is 10.8. The van der Waals surface area contributed by atoms with E-state index >= 15 is 0 Å². The molecular weight excluding hydrogens is 274 g/mol. The van der Waals surface area contributed by atoms with E-state index in [1.165, 1.54) is 10.1 Å². The van der Waals surface area contributed by atoms with E-state index in [2.05, 4.69) is 33.1 Å². The van der Waals surface area contributed by atoms with Gasteiger partial charge in [-0.05, 0) is 13.3 Å². The molecule has 1 aliphatic rings. The van der Waals surface area contributed by atoms with Crippen LogP contribution in [0.3, 0.4) is 0 Å². The van der Waals surface area contributed by atoms with Crippen molar-refractivity contribution in [3.05, 3.63) is 10.1 Å². The van der Waals surface area contributed by atoms with Crippen LogP contribution in [-0.2, 0) is 4.79 Å². The van der Waals surface area contributed by atoms with Crippen molar-refractivity contribution in [3.63, 3.8) is 0 Å². The van der Waals surface area contributed by atoms with E-state index in [-0.39, 0.29) is 5.91 Å². The molecule has 0 aromatic rings. The Morgan fingerprint density at radius 3 is 2.81 bits per heavy atom. The Labute approximate surface area is 103 Å². The van der Waals surface area contributed by atoms with Crippen LogP contribution in [0.25, 0.3) is 0 Å². The Morgan fingerprint density at radius 2 is 2.25 bits per heavy atom. The molecule has 0 radical (unpaired) electrons. The number of amides is 3. The van der Waals surface area contributed by atoms with Crippen LogP contribution in [-0.4, -0.2) is 36.5 Å². The predicted octanol–water partition coefficient (Wildman–Crippen LogP) is 0.946. The first kappa shape index (κ1) is 13.2. The van der Waals surface area contributed by atoms with Gasteiger partial charge in [-0.15, -0.1) is 0 Å². The number of halogens is 1. The summed E-state index contributed by atoms with van der Waals surface area (Å²) < 4.78 is 1.19. The fraction of sp³-hybridized carbons (Fsp3) is 0.600. The molecule has 0 atom stereocenters. The van der Waals surface area contributed by atoms with Gasteiger partial charge in [0.2, 0.25) is 5.91 Å². The highest BCUT2D eigenvalue weighted by Crippen LogP contribution is 2.21. The molecule has 5 nitrogen and oxygen atoms in total. The molecule has 0 bridgehead atoms. The molecule has 0 fully saturated rings. The number of hydrogen-bond donors (Lipinski definition) is 2. The summed E-state index contributed by atoms with van der Waals surface area (Å²) in [5, 5.41) is 2.05. The number of rotatable bonds is 3. The lowest BCUT2D eigenvalue weighted by atomic mass is 10.1. The molecule has 3 N–H and O–H groups in total. The number of hydrogen-bond acceptors (Lipinski definition) is 3. The summed E-state index contributed by atoms with van der Waals surface area (Å²) in [6.07, 6.45) is 1.31. The van der Waals surface area contributed by atoms with E-state index < -0.39 is 6.03 Å². The maximum Gasteiger partial charge on any atom is 0.318 e. The average molecular weight is 290 g/mol. The summed E-state index contributed by atoms with van der Waals surface area (Å²) in [7, 11) is 0. The van der Waals surface area contributed by atoms with Gasteiger partial charge in [-0.1, -0.05) is 21.5 Å². The van der Waals surface area contributed by atoms with Crippen LogP contribution in [0.2, 0.25) is 0 Å². The largest absolute Gasteiger partial charge is 0.351 e. The van der Waals surface area contributed by atoms with Crippen LogP contribution < -0.4 is 11.1 Å². The summed E-state index contributed by atoms with van der Waals surface area (Å²) in [6, 6.07) is -0.791. The molecule has 0 unspecified atom stereocenters. The highest BCUT2D eigenvalue weighted by atomic mass is 79.9. The molecule has 6 heteroatoms. The summed E-state index contributed by atoms with van der Waals surface area (Å²) in [6.45, 7) is 4.52. The van der Waals surface area contributed by atoms with Crippen molar-refractivity contribution < 1.29 is 9.59 Å². The number of nitrogens with two attached hydrogens (primary N) is 1. The first-order valence-corrected chi connectivity index (χ1v) is 5.94. The molecule has 0 aliphatic carbocycles. The van der Waals surface area contributed by atoms with Gasteiger partial charge in [-0.3, -0.25) is 15.0 Å². The number of primary amides is 1. The summed E-state index contributed by atoms with van der Waals surface area (Å²) in [5.41, 5.74) is 6.20. The molecule has 0 spiro atoms. The topological polar surface area (TPSA) is 75.4 Å². The fourth-order valence-corrected chi connectivity index (χ4v) is 2.08. The van der Waals surface area contributed by atoms with Crippen molar-refractivity contribution in [2.45, 2.75) is 19.8 Å². The second kappa shape index (κ2) is 6.00. The average Bonchev–Trinajstić information content (AvgIpc) is 2.19. The molecule has 1 heterocycles. The number of urea groups is 1. The zero-order chi connectivity index (χ0) is 12.1. The van der Waals surface area contributed by atoms with E-state index in [4.69, 9.17) is 5.73 Å². The lowest BCUT2D eigenvalue weighted by Crippen LogP contribution is -2.38. The fourth-order valence-electron chi connectivity index (χ4n) is 1.52. The van der Waals surface area contributed by atoms with Gasteiger partial charge < -0.3 is 5.73 Å². The van der Waals surface area contributed by atoms with Gasteiger partial charge in [0.05, 0.1) is 0 Å². The number of nitrogens with one attached hydrogen (secondary N) is 1. The molecule has 16 heavy (non-hydrogen) atoms. The Hall–Kier alpha value is -0.880. The Bertz CT molecular complexity index is 328. The number of nitrogens with zero attached hydrogens (tertiary/aromatic N) is 1. The third kappa shape index (κ3) is 4.32. The minimum atomic E-state index is -0.791. The van der Waals surface area contributed by atoms with E-state index in [9.17, 15) is 9.59 Å². The number of carbonyl (C=O) groups excluding carboxylic acids is 2. The van der Waals surface area contributed by atoms with Crippen molar-refractivity contribution in [2.24, 2.45) is 5.73 Å². The minimum Gasteiger partial charge on any atom is -0.351 e. The van der Waals surface area contributed by atoms with Crippen molar-refractivity contribution in [3.8, 4) is 0 Å². The SMILES string of the molecule is CC1=C(Br)CN(CCC(=O)NC(N)=O)CC1. The van der Waals surface area contributed by atoms with Crippen molar-refractivity contribution in [1.29, 1.82) is 0 Å². The highest BCUT2D eigenvalue weighted by molar-refractivity contribution is 9.11. The number of imide groups is 1. The van der Waals surface area contributed by atoms with Crippen LogP contribution >= 0.6 is 15.9 Å². The van der Waals surface area contributed by atoms with Gasteiger partial charge in [0.1, 0.15) is 0 Å². The second-order valence-corrected chi connectivity index (χ2v) is 4.83. The number of carbonyl (C=O) groups is 2. The quantitative estimate of drug-likeness (QED) is 0.812. The lowest BCUT2D eigenvalue weighted by molar-refractivity contribution is -0.120. The van der Waals surface area contributed by atoms with Gasteiger partial charge >= 0.3 is 6.03 Å². The molecule has 90 valence electrons. The van der Waals surface area contributed by atoms with Crippen molar-refractivity contribution >= 4 is 27.9 Å².